The fraction of sp³-hybridized carbons (Fsp3) is 0.286. The number of hydrogen-bond acceptors (Lipinski definition) is 2. The molecule has 0 amide bonds. The standard InChI is InChI=1S/C14H16ClNS/c1-10-7-13(17-11(10)2)9-16-8-12-5-3-4-6-14(12)15/h3-7,16H,8-9H2,1-2H3. The molecule has 0 aliphatic heterocycles. The van der Waals surface area contributed by atoms with Gasteiger partial charge >= 0.3 is 0 Å². The van der Waals surface area contributed by atoms with Gasteiger partial charge in [-0.2, -0.15) is 0 Å². The van der Waals surface area contributed by atoms with Gasteiger partial charge in [-0.15, -0.1) is 11.3 Å². The summed E-state index contributed by atoms with van der Waals surface area (Å²) in [5.74, 6) is 0. The van der Waals surface area contributed by atoms with E-state index in [2.05, 4.69) is 31.3 Å². The molecule has 0 spiro atoms. The molecule has 0 saturated carbocycles. The van der Waals surface area contributed by atoms with E-state index >= 15 is 0 Å². The molecule has 17 heavy (non-hydrogen) atoms. The number of nitrogens with one attached hydrogen (secondary N) is 1. The lowest BCUT2D eigenvalue weighted by Crippen LogP contribution is -2.11. The van der Waals surface area contributed by atoms with Crippen LogP contribution in [-0.2, 0) is 13.1 Å². The lowest BCUT2D eigenvalue weighted by molar-refractivity contribution is 0.701. The molecule has 90 valence electrons. The fourth-order valence-corrected chi connectivity index (χ4v) is 2.92. The molecule has 1 heterocycles. The first-order valence-electron chi connectivity index (χ1n) is 5.67. The van der Waals surface area contributed by atoms with Crippen molar-refractivity contribution in [2.75, 3.05) is 0 Å². The second kappa shape index (κ2) is 5.67. The van der Waals surface area contributed by atoms with Crippen molar-refractivity contribution >= 4 is 22.9 Å². The minimum Gasteiger partial charge on any atom is -0.308 e. The maximum Gasteiger partial charge on any atom is 0.0450 e. The molecule has 3 heteroatoms. The Morgan fingerprint density at radius 3 is 2.59 bits per heavy atom. The van der Waals surface area contributed by atoms with Crippen molar-refractivity contribution in [3.05, 3.63) is 56.2 Å². The van der Waals surface area contributed by atoms with Gasteiger partial charge in [0.1, 0.15) is 0 Å². The normalized spacial score (nSPS) is 10.8. The SMILES string of the molecule is Cc1cc(CNCc2ccccc2Cl)sc1C. The maximum absolute atomic E-state index is 6.10. The van der Waals surface area contributed by atoms with Gasteiger partial charge in [0.25, 0.3) is 0 Å². The van der Waals surface area contributed by atoms with Gasteiger partial charge in [-0.05, 0) is 37.1 Å². The van der Waals surface area contributed by atoms with Crippen molar-refractivity contribution in [2.45, 2.75) is 26.9 Å². The number of rotatable bonds is 4. The van der Waals surface area contributed by atoms with Crippen molar-refractivity contribution in [3.8, 4) is 0 Å². The molecule has 0 fully saturated rings. The van der Waals surface area contributed by atoms with Gasteiger partial charge in [-0.25, -0.2) is 0 Å². The Kier molecular flexibility index (Phi) is 4.21. The van der Waals surface area contributed by atoms with Gasteiger partial charge in [0.05, 0.1) is 0 Å². The molecule has 2 aromatic rings. The van der Waals surface area contributed by atoms with Crippen LogP contribution in [0.25, 0.3) is 0 Å². The van der Waals surface area contributed by atoms with Crippen LogP contribution >= 0.6 is 22.9 Å². The summed E-state index contributed by atoms with van der Waals surface area (Å²) in [6.07, 6.45) is 0. The van der Waals surface area contributed by atoms with Gasteiger partial charge < -0.3 is 5.32 Å². The van der Waals surface area contributed by atoms with E-state index in [-0.39, 0.29) is 0 Å². The highest BCUT2D eigenvalue weighted by atomic mass is 35.5. The first kappa shape index (κ1) is 12.6. The Morgan fingerprint density at radius 2 is 1.94 bits per heavy atom. The molecule has 0 atom stereocenters. The highest BCUT2D eigenvalue weighted by Crippen LogP contribution is 2.20. The molecule has 0 aliphatic rings. The van der Waals surface area contributed by atoms with Gasteiger partial charge in [-0.3, -0.25) is 0 Å². The third-order valence-electron chi connectivity index (χ3n) is 2.79. The average Bonchev–Trinajstić information content (AvgIpc) is 2.61. The molecule has 0 aliphatic carbocycles. The summed E-state index contributed by atoms with van der Waals surface area (Å²) in [7, 11) is 0. The Morgan fingerprint density at radius 1 is 1.18 bits per heavy atom. The summed E-state index contributed by atoms with van der Waals surface area (Å²) in [5, 5.41) is 4.26. The summed E-state index contributed by atoms with van der Waals surface area (Å²) in [4.78, 5) is 2.78. The predicted molar refractivity (Wildman–Crippen MR) is 75.8 cm³/mol. The first-order chi connectivity index (χ1) is 8.16. The van der Waals surface area contributed by atoms with Crippen LogP contribution in [0.5, 0.6) is 0 Å². The lowest BCUT2D eigenvalue weighted by atomic mass is 10.2. The number of halogens is 1. The largest absolute Gasteiger partial charge is 0.308 e. The smallest absolute Gasteiger partial charge is 0.0450 e. The fourth-order valence-electron chi connectivity index (χ4n) is 1.70. The van der Waals surface area contributed by atoms with Crippen molar-refractivity contribution < 1.29 is 0 Å². The monoisotopic (exact) mass is 265 g/mol. The van der Waals surface area contributed by atoms with Crippen molar-refractivity contribution in [2.24, 2.45) is 0 Å². The number of benzene rings is 1. The molecule has 0 bridgehead atoms. The van der Waals surface area contributed by atoms with E-state index in [0.717, 1.165) is 23.7 Å². The second-order valence-electron chi connectivity index (χ2n) is 4.15. The quantitative estimate of drug-likeness (QED) is 0.869. The van der Waals surface area contributed by atoms with Gasteiger partial charge in [-0.1, -0.05) is 29.8 Å². The third kappa shape index (κ3) is 3.32. The molecule has 0 unspecified atom stereocenters. The van der Waals surface area contributed by atoms with Crippen molar-refractivity contribution in [3.63, 3.8) is 0 Å². The van der Waals surface area contributed by atoms with Crippen LogP contribution in [0.15, 0.2) is 30.3 Å². The molecule has 0 saturated heterocycles. The van der Waals surface area contributed by atoms with Crippen LogP contribution in [0.4, 0.5) is 0 Å². The van der Waals surface area contributed by atoms with E-state index in [0.29, 0.717) is 0 Å². The molecular formula is C14H16ClNS. The van der Waals surface area contributed by atoms with E-state index < -0.39 is 0 Å². The highest BCUT2D eigenvalue weighted by molar-refractivity contribution is 7.12. The summed E-state index contributed by atoms with van der Waals surface area (Å²) in [6.45, 7) is 6.04. The van der Waals surface area contributed by atoms with Crippen LogP contribution < -0.4 is 5.32 Å². The van der Waals surface area contributed by atoms with Crippen molar-refractivity contribution in [1.29, 1.82) is 0 Å². The molecule has 0 radical (unpaired) electrons. The molecule has 1 aromatic carbocycles. The minimum atomic E-state index is 0.815. The van der Waals surface area contributed by atoms with Crippen molar-refractivity contribution in [1.82, 2.24) is 5.32 Å². The zero-order valence-electron chi connectivity index (χ0n) is 10.1. The van der Waals surface area contributed by atoms with E-state index in [9.17, 15) is 0 Å². The second-order valence-corrected chi connectivity index (χ2v) is 5.89. The Balaban J connectivity index is 1.90. The number of hydrogen-bond donors (Lipinski definition) is 1. The van der Waals surface area contributed by atoms with E-state index in [1.165, 1.54) is 15.3 Å². The number of thiophene rings is 1. The predicted octanol–water partition coefficient (Wildman–Crippen LogP) is 4.31. The van der Waals surface area contributed by atoms with Gasteiger partial charge in [0.2, 0.25) is 0 Å². The van der Waals surface area contributed by atoms with E-state index in [1.54, 1.807) is 0 Å². The summed E-state index contributed by atoms with van der Waals surface area (Å²) in [5.41, 5.74) is 2.53. The molecule has 1 N–H and O–H groups in total. The summed E-state index contributed by atoms with van der Waals surface area (Å²) >= 11 is 7.96. The zero-order valence-corrected chi connectivity index (χ0v) is 11.7. The maximum atomic E-state index is 6.10. The van der Waals surface area contributed by atoms with Crippen LogP contribution in [0.3, 0.4) is 0 Å². The Hall–Kier alpha value is -0.830. The van der Waals surface area contributed by atoms with Crippen LogP contribution in [0, 0.1) is 13.8 Å². The molecule has 1 aromatic heterocycles. The number of aryl methyl sites for hydroxylation is 2. The average molecular weight is 266 g/mol. The van der Waals surface area contributed by atoms with Crippen LogP contribution in [0.1, 0.15) is 20.9 Å². The van der Waals surface area contributed by atoms with Gasteiger partial charge in [0, 0.05) is 27.9 Å². The third-order valence-corrected chi connectivity index (χ3v) is 4.31. The van der Waals surface area contributed by atoms with Crippen LogP contribution in [-0.4, -0.2) is 0 Å². The highest BCUT2D eigenvalue weighted by Gasteiger charge is 2.02. The zero-order chi connectivity index (χ0) is 12.3. The molecular weight excluding hydrogens is 250 g/mol. The Bertz CT molecular complexity index is 485. The topological polar surface area (TPSA) is 12.0 Å². The lowest BCUT2D eigenvalue weighted by Gasteiger charge is -2.05. The molecule has 2 rings (SSSR count). The summed E-state index contributed by atoms with van der Waals surface area (Å²) < 4.78 is 0. The van der Waals surface area contributed by atoms with E-state index in [4.69, 9.17) is 11.6 Å². The summed E-state index contributed by atoms with van der Waals surface area (Å²) in [6, 6.07) is 10.2. The molecule has 1 nitrogen and oxygen atoms in total. The van der Waals surface area contributed by atoms with Gasteiger partial charge in [0.15, 0.2) is 0 Å². The first-order valence-corrected chi connectivity index (χ1v) is 6.86. The van der Waals surface area contributed by atoms with Crippen LogP contribution in [0.2, 0.25) is 5.02 Å². The van der Waals surface area contributed by atoms with E-state index in [1.807, 2.05) is 29.5 Å². The Labute approximate surface area is 111 Å². The minimum absolute atomic E-state index is 0.815.